The molecule has 0 radical (unpaired) electrons. The number of rotatable bonds is 3. The highest BCUT2D eigenvalue weighted by Gasteiger charge is 1.98. The van der Waals surface area contributed by atoms with Gasteiger partial charge in [-0.1, -0.05) is 53.7 Å². The third kappa shape index (κ3) is 2.98. The van der Waals surface area contributed by atoms with Crippen LogP contribution in [0.15, 0.2) is 65.8 Å². The lowest BCUT2D eigenvalue weighted by atomic mass is 10.1. The molecule has 0 aliphatic carbocycles. The van der Waals surface area contributed by atoms with Gasteiger partial charge in [-0.15, -0.1) is 0 Å². The van der Waals surface area contributed by atoms with Crippen molar-refractivity contribution in [3.63, 3.8) is 0 Å². The first-order chi connectivity index (χ1) is 8.79. The SMILES string of the molecule is Nc1ccc(C=CC(=NO)c2ccccc2)cc1. The number of nitrogens with two attached hydrogens (primary N) is 1. The third-order valence-electron chi connectivity index (χ3n) is 2.55. The molecule has 0 aliphatic heterocycles. The number of nitrogen functional groups attached to an aromatic ring is 1. The zero-order chi connectivity index (χ0) is 12.8. The Balaban J connectivity index is 2.19. The van der Waals surface area contributed by atoms with Crippen LogP contribution in [0.1, 0.15) is 11.1 Å². The Bertz CT molecular complexity index is 557. The van der Waals surface area contributed by atoms with Crippen LogP contribution in [0.3, 0.4) is 0 Å². The van der Waals surface area contributed by atoms with Gasteiger partial charge in [0.15, 0.2) is 0 Å². The maximum Gasteiger partial charge on any atom is 0.109 e. The van der Waals surface area contributed by atoms with Crippen molar-refractivity contribution in [3.05, 3.63) is 71.8 Å². The second-order valence-electron chi connectivity index (χ2n) is 3.85. The molecular weight excluding hydrogens is 224 g/mol. The van der Waals surface area contributed by atoms with Gasteiger partial charge in [-0.3, -0.25) is 0 Å². The Morgan fingerprint density at radius 3 is 2.28 bits per heavy atom. The van der Waals surface area contributed by atoms with Gasteiger partial charge >= 0.3 is 0 Å². The molecule has 0 unspecified atom stereocenters. The highest BCUT2D eigenvalue weighted by atomic mass is 16.4. The van der Waals surface area contributed by atoms with E-state index in [0.29, 0.717) is 5.71 Å². The van der Waals surface area contributed by atoms with Crippen LogP contribution in [0.4, 0.5) is 5.69 Å². The largest absolute Gasteiger partial charge is 0.410 e. The van der Waals surface area contributed by atoms with Crippen LogP contribution in [0, 0.1) is 0 Å². The van der Waals surface area contributed by atoms with Gasteiger partial charge in [0.05, 0.1) is 0 Å². The maximum absolute atomic E-state index is 9.02. The first kappa shape index (κ1) is 11.9. The van der Waals surface area contributed by atoms with Crippen LogP contribution in [0.2, 0.25) is 0 Å². The van der Waals surface area contributed by atoms with Crippen molar-refractivity contribution < 1.29 is 5.21 Å². The standard InChI is InChI=1S/C15H14N2O/c16-14-9-6-12(7-10-14)8-11-15(17-18)13-4-2-1-3-5-13/h1-11,18H,16H2. The minimum atomic E-state index is 0.521. The summed E-state index contributed by atoms with van der Waals surface area (Å²) in [5, 5.41) is 12.3. The highest BCUT2D eigenvalue weighted by Crippen LogP contribution is 2.09. The van der Waals surface area contributed by atoms with Gasteiger partial charge in [0.25, 0.3) is 0 Å². The fourth-order valence-corrected chi connectivity index (χ4v) is 1.58. The van der Waals surface area contributed by atoms with Crippen molar-refractivity contribution in [2.24, 2.45) is 5.16 Å². The molecule has 18 heavy (non-hydrogen) atoms. The maximum atomic E-state index is 9.02. The molecule has 0 saturated carbocycles. The van der Waals surface area contributed by atoms with E-state index in [4.69, 9.17) is 10.9 Å². The first-order valence-corrected chi connectivity index (χ1v) is 5.61. The molecule has 0 aliphatic rings. The molecule has 0 spiro atoms. The molecule has 90 valence electrons. The molecule has 0 saturated heterocycles. The van der Waals surface area contributed by atoms with Crippen LogP contribution >= 0.6 is 0 Å². The minimum Gasteiger partial charge on any atom is -0.410 e. The third-order valence-corrected chi connectivity index (χ3v) is 2.55. The second kappa shape index (κ2) is 5.68. The predicted octanol–water partition coefficient (Wildman–Crippen LogP) is 3.16. The molecule has 0 bridgehead atoms. The molecule has 0 heterocycles. The summed E-state index contributed by atoms with van der Waals surface area (Å²) < 4.78 is 0. The van der Waals surface area contributed by atoms with Gasteiger partial charge in [0.2, 0.25) is 0 Å². The molecule has 0 atom stereocenters. The van der Waals surface area contributed by atoms with Gasteiger partial charge in [0.1, 0.15) is 5.71 Å². The predicted molar refractivity (Wildman–Crippen MR) is 74.7 cm³/mol. The molecular formula is C15H14N2O. The summed E-state index contributed by atoms with van der Waals surface area (Å²) in [7, 11) is 0. The molecule has 2 aromatic carbocycles. The van der Waals surface area contributed by atoms with Crippen LogP contribution < -0.4 is 5.73 Å². The van der Waals surface area contributed by atoms with E-state index in [-0.39, 0.29) is 0 Å². The first-order valence-electron chi connectivity index (χ1n) is 5.61. The second-order valence-corrected chi connectivity index (χ2v) is 3.85. The van der Waals surface area contributed by atoms with E-state index in [1.165, 1.54) is 0 Å². The van der Waals surface area contributed by atoms with Crippen LogP contribution in [-0.4, -0.2) is 10.9 Å². The van der Waals surface area contributed by atoms with Gasteiger partial charge in [-0.2, -0.15) is 0 Å². The number of nitrogens with zero attached hydrogens (tertiary/aromatic N) is 1. The fourth-order valence-electron chi connectivity index (χ4n) is 1.58. The van der Waals surface area contributed by atoms with Crippen molar-refractivity contribution in [2.45, 2.75) is 0 Å². The smallest absolute Gasteiger partial charge is 0.109 e. The average molecular weight is 238 g/mol. The van der Waals surface area contributed by atoms with Crippen molar-refractivity contribution in [1.29, 1.82) is 0 Å². The Morgan fingerprint density at radius 2 is 1.67 bits per heavy atom. The van der Waals surface area contributed by atoms with Gasteiger partial charge in [-0.05, 0) is 23.8 Å². The van der Waals surface area contributed by atoms with E-state index in [0.717, 1.165) is 16.8 Å². The van der Waals surface area contributed by atoms with E-state index in [1.807, 2.05) is 60.7 Å². The van der Waals surface area contributed by atoms with Crippen LogP contribution in [0.25, 0.3) is 6.08 Å². The van der Waals surface area contributed by atoms with Crippen LogP contribution in [0.5, 0.6) is 0 Å². The van der Waals surface area contributed by atoms with Crippen molar-refractivity contribution in [3.8, 4) is 0 Å². The van der Waals surface area contributed by atoms with E-state index < -0.39 is 0 Å². The zero-order valence-corrected chi connectivity index (χ0v) is 9.82. The van der Waals surface area contributed by atoms with Crippen molar-refractivity contribution in [1.82, 2.24) is 0 Å². The van der Waals surface area contributed by atoms with Crippen molar-refractivity contribution >= 4 is 17.5 Å². The summed E-state index contributed by atoms with van der Waals surface area (Å²) in [6, 6.07) is 17.0. The lowest BCUT2D eigenvalue weighted by molar-refractivity contribution is 0.320. The number of benzene rings is 2. The Kier molecular flexibility index (Phi) is 3.76. The topological polar surface area (TPSA) is 58.6 Å². The highest BCUT2D eigenvalue weighted by molar-refractivity contribution is 6.10. The quantitative estimate of drug-likeness (QED) is 0.373. The average Bonchev–Trinajstić information content (AvgIpc) is 2.43. The Labute approximate surface area is 106 Å². The zero-order valence-electron chi connectivity index (χ0n) is 9.82. The van der Waals surface area contributed by atoms with Gasteiger partial charge < -0.3 is 10.9 Å². The van der Waals surface area contributed by atoms with E-state index in [1.54, 1.807) is 6.08 Å². The lowest BCUT2D eigenvalue weighted by Crippen LogP contribution is -1.95. The number of oxime groups is 1. The normalized spacial score (nSPS) is 11.9. The minimum absolute atomic E-state index is 0.521. The fraction of sp³-hybridized carbons (Fsp3) is 0. The number of allylic oxidation sites excluding steroid dienone is 1. The summed E-state index contributed by atoms with van der Waals surface area (Å²) in [5.41, 5.74) is 8.73. The van der Waals surface area contributed by atoms with E-state index >= 15 is 0 Å². The summed E-state index contributed by atoms with van der Waals surface area (Å²) in [4.78, 5) is 0. The molecule has 2 aromatic rings. The summed E-state index contributed by atoms with van der Waals surface area (Å²) >= 11 is 0. The summed E-state index contributed by atoms with van der Waals surface area (Å²) in [5.74, 6) is 0. The van der Waals surface area contributed by atoms with E-state index in [2.05, 4.69) is 5.16 Å². The van der Waals surface area contributed by atoms with Gasteiger partial charge in [0, 0.05) is 11.3 Å². The summed E-state index contributed by atoms with van der Waals surface area (Å²) in [6.07, 6.45) is 3.64. The molecule has 2 rings (SSSR count). The molecule has 3 nitrogen and oxygen atoms in total. The number of hydrogen-bond acceptors (Lipinski definition) is 3. The number of hydrogen-bond donors (Lipinski definition) is 2. The summed E-state index contributed by atoms with van der Waals surface area (Å²) in [6.45, 7) is 0. The van der Waals surface area contributed by atoms with Gasteiger partial charge in [-0.25, -0.2) is 0 Å². The molecule has 0 aromatic heterocycles. The monoisotopic (exact) mass is 238 g/mol. The molecule has 3 N–H and O–H groups in total. The lowest BCUT2D eigenvalue weighted by Gasteiger charge is -1.99. The molecule has 3 heteroatoms. The van der Waals surface area contributed by atoms with E-state index in [9.17, 15) is 0 Å². The Hall–Kier alpha value is -2.55. The Morgan fingerprint density at radius 1 is 1.00 bits per heavy atom. The molecule has 0 amide bonds. The molecule has 0 fully saturated rings. The van der Waals surface area contributed by atoms with Crippen LogP contribution in [-0.2, 0) is 0 Å². The number of anilines is 1. The van der Waals surface area contributed by atoms with Crippen molar-refractivity contribution in [2.75, 3.05) is 5.73 Å².